The van der Waals surface area contributed by atoms with E-state index in [9.17, 15) is 9.59 Å². The van der Waals surface area contributed by atoms with Crippen LogP contribution in [0, 0.1) is 19.8 Å². The summed E-state index contributed by atoms with van der Waals surface area (Å²) in [6, 6.07) is 0.254. The number of nitrogens with zero attached hydrogens (tertiary/aromatic N) is 1. The number of nitrogens with one attached hydrogen (secondary N) is 2. The zero-order valence-corrected chi connectivity index (χ0v) is 12.5. The summed E-state index contributed by atoms with van der Waals surface area (Å²) < 4.78 is 0. The molecule has 0 radical (unpaired) electrons. The summed E-state index contributed by atoms with van der Waals surface area (Å²) in [7, 11) is 0. The third kappa shape index (κ3) is 3.68. The van der Waals surface area contributed by atoms with E-state index >= 15 is 0 Å². The molecule has 0 aromatic carbocycles. The largest absolute Gasteiger partial charge is 0.353 e. The van der Waals surface area contributed by atoms with Gasteiger partial charge in [-0.2, -0.15) is 0 Å². The second-order valence-electron chi connectivity index (χ2n) is 5.93. The topological polar surface area (TPSA) is 74.8 Å². The zero-order chi connectivity index (χ0) is 14.7. The average molecular weight is 277 g/mol. The van der Waals surface area contributed by atoms with E-state index < -0.39 is 0 Å². The summed E-state index contributed by atoms with van der Waals surface area (Å²) in [4.78, 5) is 30.8. The van der Waals surface area contributed by atoms with Crippen molar-refractivity contribution in [2.45, 2.75) is 58.9 Å². The molecule has 5 nitrogen and oxygen atoms in total. The molecule has 2 rings (SSSR count). The van der Waals surface area contributed by atoms with Gasteiger partial charge in [0.15, 0.2) is 0 Å². The molecule has 0 bridgehead atoms. The number of rotatable bonds is 3. The van der Waals surface area contributed by atoms with Gasteiger partial charge in [-0.3, -0.25) is 9.59 Å². The van der Waals surface area contributed by atoms with Gasteiger partial charge in [-0.25, -0.2) is 4.98 Å². The molecule has 1 aliphatic carbocycles. The van der Waals surface area contributed by atoms with Gasteiger partial charge in [0.05, 0.1) is 6.42 Å². The maximum Gasteiger partial charge on any atom is 0.254 e. The molecule has 20 heavy (non-hydrogen) atoms. The van der Waals surface area contributed by atoms with Crippen molar-refractivity contribution in [3.63, 3.8) is 0 Å². The fourth-order valence-electron chi connectivity index (χ4n) is 2.96. The first-order valence-electron chi connectivity index (χ1n) is 7.31. The first-order valence-corrected chi connectivity index (χ1v) is 7.31. The lowest BCUT2D eigenvalue weighted by atomic mass is 9.87. The van der Waals surface area contributed by atoms with Crippen LogP contribution in [0.25, 0.3) is 0 Å². The minimum Gasteiger partial charge on any atom is -0.353 e. The predicted octanol–water partition coefficient (Wildman–Crippen LogP) is 1.62. The zero-order valence-electron chi connectivity index (χ0n) is 12.5. The highest BCUT2D eigenvalue weighted by molar-refractivity contribution is 5.79. The van der Waals surface area contributed by atoms with E-state index in [0.29, 0.717) is 23.0 Å². The van der Waals surface area contributed by atoms with Crippen LogP contribution >= 0.6 is 0 Å². The number of H-pyrrole nitrogens is 1. The molecule has 0 aliphatic heterocycles. The lowest BCUT2D eigenvalue weighted by Crippen LogP contribution is -2.39. The van der Waals surface area contributed by atoms with Gasteiger partial charge in [0, 0.05) is 17.3 Å². The fourth-order valence-corrected chi connectivity index (χ4v) is 2.96. The molecule has 1 fully saturated rings. The van der Waals surface area contributed by atoms with Crippen LogP contribution < -0.4 is 10.9 Å². The van der Waals surface area contributed by atoms with Gasteiger partial charge in [0.2, 0.25) is 5.91 Å². The van der Waals surface area contributed by atoms with E-state index in [1.807, 2.05) is 0 Å². The first-order chi connectivity index (χ1) is 9.45. The number of hydrogen-bond acceptors (Lipinski definition) is 3. The van der Waals surface area contributed by atoms with E-state index in [2.05, 4.69) is 22.2 Å². The molecule has 0 saturated heterocycles. The molecule has 1 saturated carbocycles. The van der Waals surface area contributed by atoms with E-state index in [1.165, 1.54) is 6.42 Å². The van der Waals surface area contributed by atoms with Gasteiger partial charge < -0.3 is 10.3 Å². The summed E-state index contributed by atoms with van der Waals surface area (Å²) in [6.07, 6.45) is 4.59. The number of aryl methyl sites for hydroxylation is 2. The summed E-state index contributed by atoms with van der Waals surface area (Å²) in [5.41, 5.74) is 0.900. The Bertz CT molecular complexity index is 551. The predicted molar refractivity (Wildman–Crippen MR) is 77.6 cm³/mol. The molecule has 1 aromatic heterocycles. The number of aromatic nitrogens is 2. The quantitative estimate of drug-likeness (QED) is 0.881. The number of amides is 1. The maximum absolute atomic E-state index is 12.1. The van der Waals surface area contributed by atoms with Crippen molar-refractivity contribution < 1.29 is 4.79 Å². The van der Waals surface area contributed by atoms with Crippen molar-refractivity contribution in [3.8, 4) is 0 Å². The van der Waals surface area contributed by atoms with Crippen LogP contribution in [-0.4, -0.2) is 21.9 Å². The Kier molecular flexibility index (Phi) is 4.57. The maximum atomic E-state index is 12.1. The smallest absolute Gasteiger partial charge is 0.254 e. The van der Waals surface area contributed by atoms with Crippen LogP contribution in [0.3, 0.4) is 0 Å². The Morgan fingerprint density at radius 1 is 1.40 bits per heavy atom. The molecule has 2 atom stereocenters. The molecule has 5 heteroatoms. The molecule has 0 unspecified atom stereocenters. The van der Waals surface area contributed by atoms with Crippen LogP contribution in [0.2, 0.25) is 0 Å². The molecule has 1 heterocycles. The molecular formula is C15H23N3O2. The van der Waals surface area contributed by atoms with Gasteiger partial charge in [-0.15, -0.1) is 0 Å². The molecule has 2 N–H and O–H groups in total. The monoisotopic (exact) mass is 277 g/mol. The number of hydrogen-bond donors (Lipinski definition) is 2. The highest BCUT2D eigenvalue weighted by Gasteiger charge is 2.21. The van der Waals surface area contributed by atoms with Gasteiger partial charge in [-0.1, -0.05) is 19.8 Å². The number of carbonyl (C=O) groups excluding carboxylic acids is 1. The second kappa shape index (κ2) is 6.20. The lowest BCUT2D eigenvalue weighted by Gasteiger charge is -2.27. The van der Waals surface area contributed by atoms with E-state index in [0.717, 1.165) is 19.3 Å². The van der Waals surface area contributed by atoms with E-state index in [-0.39, 0.29) is 23.9 Å². The molecule has 1 aliphatic rings. The number of carbonyl (C=O) groups is 1. The van der Waals surface area contributed by atoms with Crippen LogP contribution in [0.15, 0.2) is 4.79 Å². The Morgan fingerprint density at radius 2 is 2.15 bits per heavy atom. The highest BCUT2D eigenvalue weighted by Crippen LogP contribution is 2.23. The van der Waals surface area contributed by atoms with E-state index in [4.69, 9.17) is 0 Å². The third-order valence-electron chi connectivity index (χ3n) is 3.98. The van der Waals surface area contributed by atoms with Crippen molar-refractivity contribution >= 4 is 5.91 Å². The van der Waals surface area contributed by atoms with Crippen molar-refractivity contribution in [2.24, 2.45) is 5.92 Å². The lowest BCUT2D eigenvalue weighted by molar-refractivity contribution is -0.121. The Morgan fingerprint density at radius 3 is 2.80 bits per heavy atom. The van der Waals surface area contributed by atoms with Crippen LogP contribution in [0.4, 0.5) is 0 Å². The molecule has 0 spiro atoms. The van der Waals surface area contributed by atoms with Crippen molar-refractivity contribution in [1.82, 2.24) is 15.3 Å². The Balaban J connectivity index is 2.00. The average Bonchev–Trinajstić information content (AvgIpc) is 2.33. The SMILES string of the molecule is Cc1nc(C)c(CC(=O)N[C@@H]2CCC[C@@H](C)C2)c(=O)[nH]1. The minimum atomic E-state index is -0.206. The molecular weight excluding hydrogens is 254 g/mol. The normalized spacial score (nSPS) is 22.6. The molecule has 110 valence electrons. The molecule has 1 aromatic rings. The van der Waals surface area contributed by atoms with Gasteiger partial charge in [0.25, 0.3) is 5.56 Å². The minimum absolute atomic E-state index is 0.0802. The van der Waals surface area contributed by atoms with Crippen molar-refractivity contribution in [3.05, 3.63) is 27.4 Å². The second-order valence-corrected chi connectivity index (χ2v) is 5.93. The molecule has 1 amide bonds. The summed E-state index contributed by atoms with van der Waals surface area (Å²) in [5.74, 6) is 1.17. The summed E-state index contributed by atoms with van der Waals surface area (Å²) >= 11 is 0. The van der Waals surface area contributed by atoms with Crippen molar-refractivity contribution in [1.29, 1.82) is 0 Å². The fraction of sp³-hybridized carbons (Fsp3) is 0.667. The Hall–Kier alpha value is -1.65. The number of aromatic amines is 1. The van der Waals surface area contributed by atoms with Crippen molar-refractivity contribution in [2.75, 3.05) is 0 Å². The summed E-state index contributed by atoms with van der Waals surface area (Å²) in [6.45, 7) is 5.73. The highest BCUT2D eigenvalue weighted by atomic mass is 16.2. The summed E-state index contributed by atoms with van der Waals surface area (Å²) in [5, 5.41) is 3.05. The van der Waals surface area contributed by atoms with Crippen LogP contribution in [-0.2, 0) is 11.2 Å². The van der Waals surface area contributed by atoms with Gasteiger partial charge in [0.1, 0.15) is 5.82 Å². The Labute approximate surface area is 119 Å². The standard InChI is InChI=1S/C15H23N3O2/c1-9-5-4-6-12(7-9)18-14(19)8-13-10(2)16-11(3)17-15(13)20/h9,12H,4-8H2,1-3H3,(H,18,19)(H,16,17,20)/t9-,12-/m1/s1. The van der Waals surface area contributed by atoms with Crippen LogP contribution in [0.1, 0.15) is 49.7 Å². The van der Waals surface area contributed by atoms with Gasteiger partial charge >= 0.3 is 0 Å². The van der Waals surface area contributed by atoms with Crippen LogP contribution in [0.5, 0.6) is 0 Å². The van der Waals surface area contributed by atoms with E-state index in [1.54, 1.807) is 13.8 Å². The first kappa shape index (κ1) is 14.8. The third-order valence-corrected chi connectivity index (χ3v) is 3.98. The van der Waals surface area contributed by atoms with Gasteiger partial charge in [-0.05, 0) is 32.6 Å².